The molecule has 0 aliphatic heterocycles. The maximum atomic E-state index is 15.1. The van der Waals surface area contributed by atoms with Crippen molar-refractivity contribution in [2.24, 2.45) is 0 Å². The summed E-state index contributed by atoms with van der Waals surface area (Å²) >= 11 is 0. The van der Waals surface area contributed by atoms with Crippen LogP contribution in [-0.2, 0) is 17.4 Å². The van der Waals surface area contributed by atoms with Gasteiger partial charge in [0.2, 0.25) is 11.6 Å². The highest BCUT2D eigenvalue weighted by atomic mass is 19.2. The minimum atomic E-state index is -1.60. The minimum absolute atomic E-state index is 0.0255. The number of fused-ring (bicyclic) bond motifs is 1. The van der Waals surface area contributed by atoms with Gasteiger partial charge < -0.3 is 14.7 Å². The van der Waals surface area contributed by atoms with Crippen molar-refractivity contribution in [2.75, 3.05) is 11.5 Å². The van der Waals surface area contributed by atoms with Gasteiger partial charge in [-0.05, 0) is 78.1 Å². The predicted octanol–water partition coefficient (Wildman–Crippen LogP) is 8.03. The van der Waals surface area contributed by atoms with Gasteiger partial charge in [0.15, 0.2) is 17.4 Å². The highest BCUT2D eigenvalue weighted by molar-refractivity contribution is 5.88. The van der Waals surface area contributed by atoms with E-state index >= 15 is 8.78 Å². The van der Waals surface area contributed by atoms with Gasteiger partial charge in [0.1, 0.15) is 0 Å². The lowest BCUT2D eigenvalue weighted by Gasteiger charge is -2.42. The molecule has 0 amide bonds. The number of carbonyl (C=O) groups is 1. The van der Waals surface area contributed by atoms with Crippen LogP contribution >= 0.6 is 0 Å². The molecule has 0 spiro atoms. The smallest absolute Gasteiger partial charge is 0.335 e. The summed E-state index contributed by atoms with van der Waals surface area (Å²) in [6.07, 6.45) is 1.93. The third-order valence-corrected chi connectivity index (χ3v) is 7.49. The summed E-state index contributed by atoms with van der Waals surface area (Å²) in [5.74, 6) is -8.52. The quantitative estimate of drug-likeness (QED) is 0.249. The van der Waals surface area contributed by atoms with Gasteiger partial charge in [-0.25, -0.2) is 13.6 Å². The van der Waals surface area contributed by atoms with Crippen molar-refractivity contribution in [3.63, 3.8) is 0 Å². The Bertz CT molecular complexity index is 1350. The van der Waals surface area contributed by atoms with E-state index in [4.69, 9.17) is 4.74 Å². The van der Waals surface area contributed by atoms with Gasteiger partial charge in [0.05, 0.1) is 18.7 Å². The summed E-state index contributed by atoms with van der Waals surface area (Å²) < 4.78 is 64.5. The Hall–Kier alpha value is -3.55. The molecule has 1 aliphatic carbocycles. The first kappa shape index (κ1) is 27.5. The van der Waals surface area contributed by atoms with Gasteiger partial charge in [0, 0.05) is 16.9 Å². The highest BCUT2D eigenvalue weighted by Gasteiger charge is 2.37. The molecule has 0 aromatic heterocycles. The maximum Gasteiger partial charge on any atom is 0.335 e. The van der Waals surface area contributed by atoms with Crippen LogP contribution in [0.5, 0.6) is 5.75 Å². The van der Waals surface area contributed by atoms with Gasteiger partial charge >= 0.3 is 5.97 Å². The molecule has 0 bridgehead atoms. The number of ether oxygens (including phenoxy) is 1. The lowest BCUT2D eigenvalue weighted by atomic mass is 9.63. The Labute approximate surface area is 219 Å². The van der Waals surface area contributed by atoms with E-state index in [1.807, 2.05) is 18.2 Å². The number of nitrogens with zero attached hydrogens (tertiary/aromatic N) is 1. The van der Waals surface area contributed by atoms with Crippen molar-refractivity contribution < 1.29 is 32.2 Å². The fourth-order valence-corrected chi connectivity index (χ4v) is 5.09. The number of rotatable bonds is 7. The summed E-state index contributed by atoms with van der Waals surface area (Å²) in [4.78, 5) is 12.9. The van der Waals surface area contributed by atoms with Gasteiger partial charge in [0.25, 0.3) is 0 Å². The third kappa shape index (κ3) is 4.84. The van der Waals surface area contributed by atoms with E-state index < -0.39 is 47.1 Å². The monoisotopic (exact) mass is 529 g/mol. The maximum absolute atomic E-state index is 15.1. The Morgan fingerprint density at radius 3 is 1.89 bits per heavy atom. The standard InChI is InChI=1S/C30H31F4NO3/c1-6-38-27-25(33)23(31)20(24(32)26(27)34)16-35(18-9-7-17(8-10-18)28(36)37)19-11-12-21-22(15-19)30(4,5)14-13-29(21,2)3/h7-12,15H,6,13-14,16H2,1-5H3,(H,36,37). The van der Waals surface area contributed by atoms with E-state index in [1.54, 1.807) is 0 Å². The van der Waals surface area contributed by atoms with E-state index in [-0.39, 0.29) is 23.0 Å². The van der Waals surface area contributed by atoms with E-state index in [9.17, 15) is 18.7 Å². The van der Waals surface area contributed by atoms with Crippen LogP contribution in [0.1, 0.15) is 74.5 Å². The molecule has 4 rings (SSSR count). The van der Waals surface area contributed by atoms with Crippen LogP contribution in [-0.4, -0.2) is 17.7 Å². The second-order valence-electron chi connectivity index (χ2n) is 10.9. The number of carboxylic acids is 1. The van der Waals surface area contributed by atoms with Gasteiger partial charge in [-0.15, -0.1) is 0 Å². The lowest BCUT2D eigenvalue weighted by molar-refractivity contribution is 0.0697. The van der Waals surface area contributed by atoms with Crippen molar-refractivity contribution in [3.05, 3.63) is 88.0 Å². The molecule has 4 nitrogen and oxygen atoms in total. The minimum Gasteiger partial charge on any atom is -0.488 e. The number of hydrogen-bond acceptors (Lipinski definition) is 3. The number of anilines is 2. The SMILES string of the molecule is CCOc1c(F)c(F)c(CN(c2ccc(C(=O)O)cc2)c2ccc3c(c2)C(C)(C)CCC3(C)C)c(F)c1F. The molecule has 1 N–H and O–H groups in total. The van der Waals surface area contributed by atoms with Crippen molar-refractivity contribution in [3.8, 4) is 5.75 Å². The molecule has 8 heteroatoms. The molecule has 3 aromatic rings. The summed E-state index contributed by atoms with van der Waals surface area (Å²) in [7, 11) is 0. The van der Waals surface area contributed by atoms with Gasteiger partial charge in [-0.1, -0.05) is 33.8 Å². The number of benzene rings is 3. The van der Waals surface area contributed by atoms with Crippen LogP contribution < -0.4 is 9.64 Å². The Morgan fingerprint density at radius 2 is 1.37 bits per heavy atom. The Balaban J connectivity index is 1.89. The predicted molar refractivity (Wildman–Crippen MR) is 138 cm³/mol. The molecule has 3 aromatic carbocycles. The van der Waals surface area contributed by atoms with Crippen LogP contribution in [0, 0.1) is 23.3 Å². The average molecular weight is 530 g/mol. The molecule has 0 radical (unpaired) electrons. The van der Waals surface area contributed by atoms with E-state index in [1.165, 1.54) is 36.1 Å². The molecule has 1 aliphatic rings. The summed E-state index contributed by atoms with van der Waals surface area (Å²) in [5.41, 5.74) is 2.16. The number of hydrogen-bond donors (Lipinski definition) is 1. The van der Waals surface area contributed by atoms with Crippen LogP contribution in [0.4, 0.5) is 28.9 Å². The summed E-state index contributed by atoms with van der Waals surface area (Å²) in [6.45, 7) is 9.33. The second kappa shape index (κ2) is 9.97. The molecular weight excluding hydrogens is 498 g/mol. The van der Waals surface area contributed by atoms with Crippen LogP contribution in [0.25, 0.3) is 0 Å². The fraction of sp³-hybridized carbons (Fsp3) is 0.367. The third-order valence-electron chi connectivity index (χ3n) is 7.49. The van der Waals surface area contributed by atoms with Crippen LogP contribution in [0.3, 0.4) is 0 Å². The summed E-state index contributed by atoms with van der Waals surface area (Å²) in [6, 6.07) is 11.5. The van der Waals surface area contributed by atoms with Crippen LogP contribution in [0.15, 0.2) is 42.5 Å². The van der Waals surface area contributed by atoms with Crippen molar-refractivity contribution >= 4 is 17.3 Å². The van der Waals surface area contributed by atoms with Crippen molar-refractivity contribution in [1.29, 1.82) is 0 Å². The molecule has 0 fully saturated rings. The molecule has 0 saturated carbocycles. The van der Waals surface area contributed by atoms with Gasteiger partial charge in [-0.2, -0.15) is 8.78 Å². The first-order valence-electron chi connectivity index (χ1n) is 12.5. The number of aromatic carboxylic acids is 1. The molecule has 0 unspecified atom stereocenters. The van der Waals surface area contributed by atoms with Crippen LogP contribution in [0.2, 0.25) is 0 Å². The fourth-order valence-electron chi connectivity index (χ4n) is 5.09. The van der Waals surface area contributed by atoms with E-state index in [0.717, 1.165) is 24.0 Å². The molecule has 0 saturated heterocycles. The topological polar surface area (TPSA) is 49.8 Å². The molecule has 0 atom stereocenters. The highest BCUT2D eigenvalue weighted by Crippen LogP contribution is 2.47. The zero-order chi connectivity index (χ0) is 28.0. The van der Waals surface area contributed by atoms with Crippen molar-refractivity contribution in [2.45, 2.75) is 64.8 Å². The average Bonchev–Trinajstić information content (AvgIpc) is 2.88. The Kier molecular flexibility index (Phi) is 7.21. The molecular formula is C30H31F4NO3. The summed E-state index contributed by atoms with van der Waals surface area (Å²) in [5, 5.41) is 9.30. The zero-order valence-corrected chi connectivity index (χ0v) is 22.1. The molecule has 0 heterocycles. The Morgan fingerprint density at radius 1 is 0.842 bits per heavy atom. The lowest BCUT2D eigenvalue weighted by Crippen LogP contribution is -2.34. The van der Waals surface area contributed by atoms with Crippen molar-refractivity contribution in [1.82, 2.24) is 0 Å². The van der Waals surface area contributed by atoms with Gasteiger partial charge in [-0.3, -0.25) is 0 Å². The number of halogens is 4. The first-order chi connectivity index (χ1) is 17.8. The van der Waals surface area contributed by atoms with E-state index in [2.05, 4.69) is 27.7 Å². The largest absolute Gasteiger partial charge is 0.488 e. The molecule has 202 valence electrons. The molecule has 38 heavy (non-hydrogen) atoms. The first-order valence-corrected chi connectivity index (χ1v) is 12.5. The number of carboxylic acid groups (broad SMARTS) is 1. The normalized spacial score (nSPS) is 15.6. The second-order valence-corrected chi connectivity index (χ2v) is 10.9. The zero-order valence-electron chi connectivity index (χ0n) is 22.1. The van der Waals surface area contributed by atoms with E-state index in [0.29, 0.717) is 11.4 Å².